The van der Waals surface area contributed by atoms with E-state index >= 15 is 0 Å². The topological polar surface area (TPSA) is 79.3 Å². The molecule has 1 fully saturated rings. The number of hydrogen-bond acceptors (Lipinski definition) is 3. The first-order chi connectivity index (χ1) is 10.1. The molecule has 0 saturated heterocycles. The largest absolute Gasteiger partial charge is 0.480 e. The molecule has 21 heavy (non-hydrogen) atoms. The predicted octanol–water partition coefficient (Wildman–Crippen LogP) is 2.16. The van der Waals surface area contributed by atoms with E-state index in [4.69, 9.17) is 0 Å². The molecule has 5 heteroatoms. The molecule has 0 spiro atoms. The molecule has 0 aliphatic heterocycles. The maximum absolute atomic E-state index is 12.1. The number of carbonyl (C=O) groups is 2. The summed E-state index contributed by atoms with van der Waals surface area (Å²) < 4.78 is 0. The molecular weight excluding hydrogens is 268 g/mol. The summed E-state index contributed by atoms with van der Waals surface area (Å²) in [4.78, 5) is 27.7. The van der Waals surface area contributed by atoms with Gasteiger partial charge in [-0.1, -0.05) is 13.3 Å². The summed E-state index contributed by atoms with van der Waals surface area (Å²) in [5, 5.41) is 12.3. The molecule has 0 unspecified atom stereocenters. The number of carbonyl (C=O) groups excluding carboxylic acids is 1. The molecule has 0 atom stereocenters. The van der Waals surface area contributed by atoms with Gasteiger partial charge in [-0.05, 0) is 49.3 Å². The Balaban J connectivity index is 2.00. The third kappa shape index (κ3) is 3.80. The smallest absolute Gasteiger partial charge is 0.329 e. The first-order valence-corrected chi connectivity index (χ1v) is 7.49. The molecule has 0 radical (unpaired) electrons. The molecule has 1 aliphatic rings. The predicted molar refractivity (Wildman–Crippen MR) is 78.7 cm³/mol. The molecule has 2 rings (SSSR count). The number of rotatable bonds is 5. The van der Waals surface area contributed by atoms with Crippen LogP contribution < -0.4 is 5.32 Å². The van der Waals surface area contributed by atoms with E-state index in [0.29, 0.717) is 18.8 Å². The second kappa shape index (κ2) is 6.70. The van der Waals surface area contributed by atoms with Crippen LogP contribution in [0.2, 0.25) is 0 Å². The van der Waals surface area contributed by atoms with Crippen molar-refractivity contribution in [3.63, 3.8) is 0 Å². The van der Waals surface area contributed by atoms with E-state index in [-0.39, 0.29) is 12.3 Å². The lowest BCUT2D eigenvalue weighted by molar-refractivity contribution is -0.149. The Morgan fingerprint density at radius 1 is 1.33 bits per heavy atom. The monoisotopic (exact) mass is 290 g/mol. The molecule has 1 heterocycles. The van der Waals surface area contributed by atoms with Crippen LogP contribution in [0.5, 0.6) is 0 Å². The Kier molecular flexibility index (Phi) is 4.94. The highest BCUT2D eigenvalue weighted by Gasteiger charge is 2.42. The second-order valence-electron chi connectivity index (χ2n) is 5.82. The standard InChI is InChI=1S/C16H22N2O3/c1-2-12-3-7-16(8-4-12,15(20)21)18-14(19)11-13-5-9-17-10-6-13/h5-6,9-10,12H,2-4,7-8,11H2,1H3,(H,18,19)(H,20,21). The minimum atomic E-state index is -1.09. The van der Waals surface area contributed by atoms with Crippen LogP contribution in [0, 0.1) is 5.92 Å². The Labute approximate surface area is 124 Å². The molecule has 1 aromatic heterocycles. The normalized spacial score (nSPS) is 25.3. The highest BCUT2D eigenvalue weighted by Crippen LogP contribution is 2.34. The van der Waals surface area contributed by atoms with Crippen LogP contribution in [0.3, 0.4) is 0 Å². The van der Waals surface area contributed by atoms with Crippen molar-refractivity contribution in [2.75, 3.05) is 0 Å². The van der Waals surface area contributed by atoms with E-state index in [9.17, 15) is 14.7 Å². The van der Waals surface area contributed by atoms with Crippen molar-refractivity contribution in [3.05, 3.63) is 30.1 Å². The minimum Gasteiger partial charge on any atom is -0.480 e. The number of carboxylic acid groups (broad SMARTS) is 1. The number of amides is 1. The van der Waals surface area contributed by atoms with Crippen LogP contribution >= 0.6 is 0 Å². The third-order valence-corrected chi connectivity index (χ3v) is 4.44. The lowest BCUT2D eigenvalue weighted by Gasteiger charge is -2.37. The van der Waals surface area contributed by atoms with E-state index < -0.39 is 11.5 Å². The van der Waals surface area contributed by atoms with Crippen molar-refractivity contribution >= 4 is 11.9 Å². The molecule has 114 valence electrons. The number of pyridine rings is 1. The summed E-state index contributed by atoms with van der Waals surface area (Å²) in [6, 6.07) is 3.53. The van der Waals surface area contributed by atoms with Crippen LogP contribution in [-0.2, 0) is 16.0 Å². The van der Waals surface area contributed by atoms with Gasteiger partial charge in [-0.3, -0.25) is 9.78 Å². The van der Waals surface area contributed by atoms with Gasteiger partial charge >= 0.3 is 5.97 Å². The van der Waals surface area contributed by atoms with Crippen LogP contribution in [0.1, 0.15) is 44.6 Å². The summed E-state index contributed by atoms with van der Waals surface area (Å²) in [5.41, 5.74) is -0.249. The van der Waals surface area contributed by atoms with E-state index in [1.54, 1.807) is 24.5 Å². The first kappa shape index (κ1) is 15.5. The van der Waals surface area contributed by atoms with Gasteiger partial charge in [0.25, 0.3) is 0 Å². The summed E-state index contributed by atoms with van der Waals surface area (Å²) in [6.07, 6.45) is 7.27. The Hall–Kier alpha value is -1.91. The first-order valence-electron chi connectivity index (χ1n) is 7.49. The highest BCUT2D eigenvalue weighted by atomic mass is 16.4. The van der Waals surface area contributed by atoms with Gasteiger partial charge in [0.15, 0.2) is 0 Å². The number of nitrogens with zero attached hydrogens (tertiary/aromatic N) is 1. The van der Waals surface area contributed by atoms with Gasteiger partial charge in [0.1, 0.15) is 5.54 Å². The molecule has 2 N–H and O–H groups in total. The Morgan fingerprint density at radius 3 is 2.48 bits per heavy atom. The molecule has 1 aromatic rings. The van der Waals surface area contributed by atoms with Crippen molar-refractivity contribution in [1.82, 2.24) is 10.3 Å². The van der Waals surface area contributed by atoms with Gasteiger partial charge in [-0.2, -0.15) is 0 Å². The SMILES string of the molecule is CCC1CCC(NC(=O)Cc2ccncc2)(C(=O)O)CC1. The summed E-state index contributed by atoms with van der Waals surface area (Å²) >= 11 is 0. The molecule has 1 amide bonds. The number of aromatic nitrogens is 1. The van der Waals surface area contributed by atoms with Gasteiger partial charge < -0.3 is 10.4 Å². The maximum Gasteiger partial charge on any atom is 0.329 e. The molecule has 0 aromatic carbocycles. The zero-order valence-corrected chi connectivity index (χ0v) is 12.3. The lowest BCUT2D eigenvalue weighted by Crippen LogP contribution is -2.56. The van der Waals surface area contributed by atoms with Gasteiger partial charge in [-0.25, -0.2) is 4.79 Å². The van der Waals surface area contributed by atoms with E-state index in [1.165, 1.54) is 0 Å². The molecule has 1 aliphatic carbocycles. The van der Waals surface area contributed by atoms with Crippen molar-refractivity contribution in [3.8, 4) is 0 Å². The van der Waals surface area contributed by atoms with Crippen LogP contribution in [-0.4, -0.2) is 27.5 Å². The van der Waals surface area contributed by atoms with Gasteiger partial charge in [0.05, 0.1) is 6.42 Å². The van der Waals surface area contributed by atoms with Crippen LogP contribution in [0.15, 0.2) is 24.5 Å². The molecule has 1 saturated carbocycles. The molecular formula is C16H22N2O3. The second-order valence-corrected chi connectivity index (χ2v) is 5.82. The zero-order valence-electron chi connectivity index (χ0n) is 12.3. The summed E-state index contributed by atoms with van der Waals surface area (Å²) in [7, 11) is 0. The van der Waals surface area contributed by atoms with Gasteiger partial charge in [0, 0.05) is 12.4 Å². The van der Waals surface area contributed by atoms with E-state index in [1.807, 2.05) is 0 Å². The van der Waals surface area contributed by atoms with Crippen LogP contribution in [0.25, 0.3) is 0 Å². The number of carboxylic acids is 1. The average molecular weight is 290 g/mol. The summed E-state index contributed by atoms with van der Waals surface area (Å²) in [6.45, 7) is 2.13. The van der Waals surface area contributed by atoms with E-state index in [2.05, 4.69) is 17.2 Å². The highest BCUT2D eigenvalue weighted by molar-refractivity contribution is 5.88. The molecule has 5 nitrogen and oxygen atoms in total. The Morgan fingerprint density at radius 2 is 1.95 bits per heavy atom. The number of aliphatic carboxylic acids is 1. The van der Waals surface area contributed by atoms with Crippen LogP contribution in [0.4, 0.5) is 0 Å². The summed E-state index contributed by atoms with van der Waals surface area (Å²) in [5.74, 6) is -0.576. The van der Waals surface area contributed by atoms with Gasteiger partial charge in [-0.15, -0.1) is 0 Å². The quantitative estimate of drug-likeness (QED) is 0.871. The fourth-order valence-corrected chi connectivity index (χ4v) is 2.97. The molecule has 0 bridgehead atoms. The maximum atomic E-state index is 12.1. The van der Waals surface area contributed by atoms with Crippen molar-refractivity contribution in [1.29, 1.82) is 0 Å². The average Bonchev–Trinajstić information content (AvgIpc) is 2.48. The number of nitrogens with one attached hydrogen (secondary N) is 1. The Bertz CT molecular complexity index is 494. The lowest BCUT2D eigenvalue weighted by atomic mass is 9.75. The number of hydrogen-bond donors (Lipinski definition) is 2. The van der Waals surface area contributed by atoms with Gasteiger partial charge in [0.2, 0.25) is 5.91 Å². The third-order valence-electron chi connectivity index (χ3n) is 4.44. The minimum absolute atomic E-state index is 0.189. The van der Waals surface area contributed by atoms with Crippen molar-refractivity contribution in [2.45, 2.75) is 51.0 Å². The fourth-order valence-electron chi connectivity index (χ4n) is 2.97. The van der Waals surface area contributed by atoms with Crippen molar-refractivity contribution < 1.29 is 14.7 Å². The van der Waals surface area contributed by atoms with Crippen molar-refractivity contribution in [2.24, 2.45) is 5.92 Å². The fraction of sp³-hybridized carbons (Fsp3) is 0.562. The van der Waals surface area contributed by atoms with E-state index in [0.717, 1.165) is 24.8 Å². The zero-order chi connectivity index (χ0) is 15.3.